The van der Waals surface area contributed by atoms with Crippen molar-refractivity contribution in [1.82, 2.24) is 15.1 Å². The van der Waals surface area contributed by atoms with E-state index in [-0.39, 0.29) is 0 Å². The topological polar surface area (TPSA) is 39.1 Å². The van der Waals surface area contributed by atoms with Gasteiger partial charge in [-0.2, -0.15) is 5.10 Å². The molecule has 2 aromatic rings. The Bertz CT molecular complexity index is 481. The van der Waals surface area contributed by atoms with Crippen LogP contribution in [-0.4, -0.2) is 22.9 Å². The lowest BCUT2D eigenvalue weighted by Crippen LogP contribution is -2.26. The fourth-order valence-corrected chi connectivity index (χ4v) is 2.12. The Hall–Kier alpha value is -1.81. The van der Waals surface area contributed by atoms with E-state index in [1.165, 1.54) is 5.56 Å². The number of nitrogens with zero attached hydrogens (tertiary/aromatic N) is 2. The quantitative estimate of drug-likeness (QED) is 0.865. The first-order chi connectivity index (χ1) is 8.43. The van der Waals surface area contributed by atoms with Gasteiger partial charge in [-0.15, -0.1) is 0 Å². The highest BCUT2D eigenvalue weighted by atomic mass is 16.5. The van der Waals surface area contributed by atoms with Crippen LogP contribution in [0.3, 0.4) is 0 Å². The predicted octanol–water partition coefficient (Wildman–Crippen LogP) is 1.61. The molecule has 0 radical (unpaired) electrons. The number of hydrogen-bond acceptors (Lipinski definition) is 3. The molecule has 3 rings (SSSR count). The Morgan fingerprint density at radius 2 is 2.29 bits per heavy atom. The van der Waals surface area contributed by atoms with Gasteiger partial charge in [0.25, 0.3) is 0 Å². The molecule has 1 aliphatic heterocycles. The Kier molecular flexibility index (Phi) is 2.80. The lowest BCUT2D eigenvalue weighted by atomic mass is 10.1. The molecule has 4 heteroatoms. The molecule has 2 heterocycles. The molecule has 0 saturated heterocycles. The van der Waals surface area contributed by atoms with Crippen molar-refractivity contribution in [3.05, 3.63) is 48.3 Å². The summed E-state index contributed by atoms with van der Waals surface area (Å²) in [5, 5.41) is 7.66. The molecule has 0 fully saturated rings. The van der Waals surface area contributed by atoms with Crippen LogP contribution in [0.5, 0.6) is 5.75 Å². The minimum atomic E-state index is 0.307. The first-order valence-corrected chi connectivity index (χ1v) is 5.86. The summed E-state index contributed by atoms with van der Waals surface area (Å²) in [6.07, 6.45) is 3.77. The molecule has 0 spiro atoms. The Morgan fingerprint density at radius 3 is 3.18 bits per heavy atom. The lowest BCUT2D eigenvalue weighted by molar-refractivity contribution is 0.309. The molecule has 0 bridgehead atoms. The zero-order chi connectivity index (χ0) is 11.5. The number of para-hydroxylation sites is 1. The minimum Gasteiger partial charge on any atom is -0.491 e. The zero-order valence-corrected chi connectivity index (χ0v) is 9.54. The molecule has 1 aromatic carbocycles. The van der Waals surface area contributed by atoms with E-state index in [2.05, 4.69) is 22.5 Å². The van der Waals surface area contributed by atoms with Gasteiger partial charge in [-0.25, -0.2) is 0 Å². The molecule has 1 aromatic heterocycles. The van der Waals surface area contributed by atoms with E-state index < -0.39 is 0 Å². The second-order valence-corrected chi connectivity index (χ2v) is 4.12. The van der Waals surface area contributed by atoms with E-state index in [9.17, 15) is 0 Å². The van der Waals surface area contributed by atoms with Gasteiger partial charge in [-0.05, 0) is 12.1 Å². The van der Waals surface area contributed by atoms with Crippen LogP contribution in [0.4, 0.5) is 0 Å². The molecule has 1 atom stereocenters. The summed E-state index contributed by atoms with van der Waals surface area (Å²) in [6.45, 7) is 2.49. The third-order valence-corrected chi connectivity index (χ3v) is 2.99. The molecule has 1 aliphatic rings. The normalized spacial score (nSPS) is 17.8. The fraction of sp³-hybridized carbons (Fsp3) is 0.308. The van der Waals surface area contributed by atoms with Gasteiger partial charge in [0.1, 0.15) is 12.4 Å². The van der Waals surface area contributed by atoms with Crippen molar-refractivity contribution < 1.29 is 4.74 Å². The molecule has 1 unspecified atom stereocenters. The number of benzene rings is 1. The van der Waals surface area contributed by atoms with Gasteiger partial charge in [0.05, 0.1) is 12.6 Å². The van der Waals surface area contributed by atoms with E-state index in [1.54, 1.807) is 6.20 Å². The van der Waals surface area contributed by atoms with E-state index >= 15 is 0 Å². The highest BCUT2D eigenvalue weighted by molar-refractivity contribution is 5.39. The molecule has 0 saturated carbocycles. The molecular weight excluding hydrogens is 214 g/mol. The van der Waals surface area contributed by atoms with Gasteiger partial charge in [-0.1, -0.05) is 18.2 Å². The van der Waals surface area contributed by atoms with Gasteiger partial charge in [0.15, 0.2) is 0 Å². The highest BCUT2D eigenvalue weighted by Crippen LogP contribution is 2.31. The maximum atomic E-state index is 5.61. The van der Waals surface area contributed by atoms with Crippen molar-refractivity contribution in [2.24, 2.45) is 0 Å². The Labute approximate surface area is 100 Å². The molecule has 4 nitrogen and oxygen atoms in total. The number of fused-ring (bicyclic) bond motifs is 1. The number of ether oxygens (including phenoxy) is 1. The summed E-state index contributed by atoms with van der Waals surface area (Å²) >= 11 is 0. The van der Waals surface area contributed by atoms with E-state index in [4.69, 9.17) is 4.74 Å². The fourth-order valence-electron chi connectivity index (χ4n) is 2.12. The third-order valence-electron chi connectivity index (χ3n) is 2.99. The van der Waals surface area contributed by atoms with Crippen molar-refractivity contribution >= 4 is 0 Å². The summed E-state index contributed by atoms with van der Waals surface area (Å²) in [6, 6.07) is 10.4. The summed E-state index contributed by atoms with van der Waals surface area (Å²) in [7, 11) is 0. The van der Waals surface area contributed by atoms with Gasteiger partial charge < -0.3 is 10.1 Å². The van der Waals surface area contributed by atoms with Gasteiger partial charge in [0, 0.05) is 24.5 Å². The van der Waals surface area contributed by atoms with Crippen LogP contribution in [0.2, 0.25) is 0 Å². The molecule has 0 amide bonds. The third kappa shape index (κ3) is 2.17. The van der Waals surface area contributed by atoms with Crippen LogP contribution in [0.25, 0.3) is 0 Å². The number of rotatable bonds is 4. The monoisotopic (exact) mass is 229 g/mol. The number of nitrogens with one attached hydrogen (secondary N) is 1. The summed E-state index contributed by atoms with van der Waals surface area (Å²) < 4.78 is 7.54. The Morgan fingerprint density at radius 1 is 1.35 bits per heavy atom. The smallest absolute Gasteiger partial charge is 0.124 e. The summed E-state index contributed by atoms with van der Waals surface area (Å²) in [4.78, 5) is 0. The second kappa shape index (κ2) is 4.59. The second-order valence-electron chi connectivity index (χ2n) is 4.12. The van der Waals surface area contributed by atoms with Crippen LogP contribution >= 0.6 is 0 Å². The van der Waals surface area contributed by atoms with Gasteiger partial charge in [0.2, 0.25) is 0 Å². The molecule has 17 heavy (non-hydrogen) atoms. The molecule has 1 N–H and O–H groups in total. The maximum absolute atomic E-state index is 5.61. The standard InChI is InChI=1S/C13H15N3O/c1-2-5-13-11(4-1)12(10-17-13)14-7-9-16-8-3-6-15-16/h1-6,8,12,14H,7,9-10H2. The summed E-state index contributed by atoms with van der Waals surface area (Å²) in [5.74, 6) is 1.00. The van der Waals surface area contributed by atoms with Crippen LogP contribution in [0, 0.1) is 0 Å². The van der Waals surface area contributed by atoms with Crippen LogP contribution in [0.15, 0.2) is 42.7 Å². The molecular formula is C13H15N3O. The SMILES string of the molecule is c1ccc2c(c1)OCC2NCCn1cccn1. The van der Waals surface area contributed by atoms with Crippen LogP contribution in [-0.2, 0) is 6.54 Å². The lowest BCUT2D eigenvalue weighted by Gasteiger charge is -2.11. The minimum absolute atomic E-state index is 0.307. The number of aromatic nitrogens is 2. The van der Waals surface area contributed by atoms with Crippen LogP contribution < -0.4 is 10.1 Å². The zero-order valence-electron chi connectivity index (χ0n) is 9.54. The highest BCUT2D eigenvalue weighted by Gasteiger charge is 2.22. The average Bonchev–Trinajstić information content (AvgIpc) is 2.99. The largest absolute Gasteiger partial charge is 0.491 e. The Balaban J connectivity index is 1.57. The van der Waals surface area contributed by atoms with E-state index in [1.807, 2.05) is 29.1 Å². The van der Waals surface area contributed by atoms with E-state index in [0.29, 0.717) is 6.04 Å². The average molecular weight is 229 g/mol. The van der Waals surface area contributed by atoms with Crippen molar-refractivity contribution in [2.75, 3.05) is 13.2 Å². The maximum Gasteiger partial charge on any atom is 0.124 e. The van der Waals surface area contributed by atoms with Crippen molar-refractivity contribution in [1.29, 1.82) is 0 Å². The van der Waals surface area contributed by atoms with Gasteiger partial charge >= 0.3 is 0 Å². The first-order valence-electron chi connectivity index (χ1n) is 5.86. The van der Waals surface area contributed by atoms with Crippen LogP contribution in [0.1, 0.15) is 11.6 Å². The van der Waals surface area contributed by atoms with Gasteiger partial charge in [-0.3, -0.25) is 4.68 Å². The van der Waals surface area contributed by atoms with Crippen molar-refractivity contribution in [3.63, 3.8) is 0 Å². The van der Waals surface area contributed by atoms with E-state index in [0.717, 1.165) is 25.4 Å². The predicted molar refractivity (Wildman–Crippen MR) is 64.9 cm³/mol. The van der Waals surface area contributed by atoms with Crippen molar-refractivity contribution in [3.8, 4) is 5.75 Å². The molecule has 88 valence electrons. The molecule has 0 aliphatic carbocycles. The number of hydrogen-bond donors (Lipinski definition) is 1. The summed E-state index contributed by atoms with van der Waals surface area (Å²) in [5.41, 5.74) is 1.26. The van der Waals surface area contributed by atoms with Crippen molar-refractivity contribution in [2.45, 2.75) is 12.6 Å². The first kappa shape index (κ1) is 10.4.